The first-order valence-corrected chi connectivity index (χ1v) is 14.9. The van der Waals surface area contributed by atoms with Crippen LogP contribution in [0.5, 0.6) is 11.5 Å². The van der Waals surface area contributed by atoms with Crippen LogP contribution in [0, 0.1) is 0 Å². The number of hydrogen-bond acceptors (Lipinski definition) is 6. The third-order valence-electron chi connectivity index (χ3n) is 5.85. The van der Waals surface area contributed by atoms with Gasteiger partial charge >= 0.3 is 18.4 Å². The minimum Gasteiger partial charge on any atom is -0.508 e. The van der Waals surface area contributed by atoms with E-state index in [0.29, 0.717) is 28.3 Å². The van der Waals surface area contributed by atoms with Crippen molar-refractivity contribution in [3.63, 3.8) is 0 Å². The molecule has 0 radical (unpaired) electrons. The molecule has 0 bridgehead atoms. The van der Waals surface area contributed by atoms with Crippen LogP contribution < -0.4 is 20.1 Å². The van der Waals surface area contributed by atoms with Gasteiger partial charge in [0, 0.05) is 29.2 Å². The molecule has 0 saturated carbocycles. The number of para-hydroxylation sites is 1. The Hall–Kier alpha value is -4.28. The summed E-state index contributed by atoms with van der Waals surface area (Å²) in [7, 11) is -4.04. The van der Waals surface area contributed by atoms with Crippen LogP contribution in [0.15, 0.2) is 83.1 Å². The number of urea groups is 1. The topological polar surface area (TPSA) is 117 Å². The number of amides is 2. The molecule has 0 fully saturated rings. The summed E-state index contributed by atoms with van der Waals surface area (Å²) in [6.45, 7) is -0.509. The lowest BCUT2D eigenvalue weighted by Crippen LogP contribution is -2.36. The van der Waals surface area contributed by atoms with E-state index in [2.05, 4.69) is 10.0 Å². The molecule has 0 spiro atoms. The highest BCUT2D eigenvalue weighted by atomic mass is 32.2. The first-order valence-electron chi connectivity index (χ1n) is 12.6. The molecule has 1 aromatic heterocycles. The summed E-state index contributed by atoms with van der Waals surface area (Å²) in [6.07, 6.45) is -10.2. The van der Waals surface area contributed by atoms with Crippen molar-refractivity contribution in [3.05, 3.63) is 95.6 Å². The van der Waals surface area contributed by atoms with Gasteiger partial charge in [-0.15, -0.1) is 11.3 Å². The van der Waals surface area contributed by atoms with Crippen molar-refractivity contribution >= 4 is 33.1 Å². The van der Waals surface area contributed by atoms with Gasteiger partial charge in [0.1, 0.15) is 22.3 Å². The van der Waals surface area contributed by atoms with Gasteiger partial charge in [0.05, 0.1) is 11.1 Å². The first-order chi connectivity index (χ1) is 20.6. The van der Waals surface area contributed by atoms with E-state index >= 15 is 0 Å². The summed E-state index contributed by atoms with van der Waals surface area (Å²) in [5, 5.41) is 13.7. The van der Waals surface area contributed by atoms with Gasteiger partial charge in [-0.1, -0.05) is 24.3 Å². The molecule has 4 N–H and O–H groups in total. The Morgan fingerprint density at radius 1 is 0.841 bits per heavy atom. The van der Waals surface area contributed by atoms with Gasteiger partial charge < -0.3 is 20.5 Å². The van der Waals surface area contributed by atoms with Crippen LogP contribution in [0.1, 0.15) is 16.7 Å². The molecule has 0 atom stereocenters. The van der Waals surface area contributed by atoms with Gasteiger partial charge in [-0.3, -0.25) is 0 Å². The molecule has 0 aliphatic rings. The number of halogens is 6. The smallest absolute Gasteiger partial charge is 0.416 e. The maximum absolute atomic E-state index is 13.0. The summed E-state index contributed by atoms with van der Waals surface area (Å²) >= 11 is 0.950. The molecule has 0 aliphatic carbocycles. The van der Waals surface area contributed by atoms with Crippen molar-refractivity contribution in [2.24, 2.45) is 0 Å². The van der Waals surface area contributed by atoms with Crippen LogP contribution in [-0.2, 0) is 29.0 Å². The molecule has 2 amide bonds. The SMILES string of the molecule is O=C(NCCNS(=O)(=O)c1ccc(-c2ccccc2OCc2cccc(O)c2)s1)Nc1cc(C(F)(F)F)cc(C(F)(F)F)c1. The number of phenols is 1. The zero-order valence-electron chi connectivity index (χ0n) is 22.3. The van der Waals surface area contributed by atoms with Gasteiger partial charge in [-0.05, 0) is 60.2 Å². The fourth-order valence-electron chi connectivity index (χ4n) is 3.85. The maximum Gasteiger partial charge on any atom is 0.416 e. The number of thiophene rings is 1. The summed E-state index contributed by atoms with van der Waals surface area (Å²) in [5.74, 6) is 0.569. The summed E-state index contributed by atoms with van der Waals surface area (Å²) in [4.78, 5) is 12.7. The lowest BCUT2D eigenvalue weighted by Gasteiger charge is -2.15. The maximum atomic E-state index is 13.0. The average molecular weight is 660 g/mol. The van der Waals surface area contributed by atoms with Gasteiger partial charge in [-0.25, -0.2) is 17.9 Å². The molecule has 0 aliphatic heterocycles. The molecular formula is C28H23F6N3O5S2. The normalized spacial score (nSPS) is 12.1. The van der Waals surface area contributed by atoms with Gasteiger partial charge in [0.25, 0.3) is 0 Å². The fourth-order valence-corrected chi connectivity index (χ4v) is 6.26. The van der Waals surface area contributed by atoms with Crippen molar-refractivity contribution in [3.8, 4) is 21.9 Å². The second-order valence-corrected chi connectivity index (χ2v) is 12.2. The standard InChI is InChI=1S/C28H23F6N3O5S2/c29-27(30,31)18-13-19(28(32,33)34)15-20(14-18)37-26(39)35-10-11-36-44(40,41)25-9-8-24(43-25)22-6-1-2-7-23(22)42-16-17-4-3-5-21(38)12-17/h1-9,12-15,36,38H,10-11,16H2,(H2,35,37,39). The zero-order chi connectivity index (χ0) is 32.1. The average Bonchev–Trinajstić information content (AvgIpc) is 3.45. The van der Waals surface area contributed by atoms with E-state index < -0.39 is 45.2 Å². The summed E-state index contributed by atoms with van der Waals surface area (Å²) in [6, 6.07) is 15.9. The number of benzene rings is 3. The van der Waals surface area contributed by atoms with Crippen molar-refractivity contribution in [1.82, 2.24) is 10.0 Å². The highest BCUT2D eigenvalue weighted by Crippen LogP contribution is 2.38. The zero-order valence-corrected chi connectivity index (χ0v) is 23.9. The highest BCUT2D eigenvalue weighted by Gasteiger charge is 2.37. The molecule has 1 heterocycles. The number of sulfonamides is 1. The third kappa shape index (κ3) is 8.64. The highest BCUT2D eigenvalue weighted by molar-refractivity contribution is 7.91. The Labute approximate surface area is 251 Å². The first kappa shape index (κ1) is 32.6. The van der Waals surface area contributed by atoms with E-state index in [1.807, 2.05) is 5.32 Å². The molecule has 234 valence electrons. The molecule has 16 heteroatoms. The Morgan fingerprint density at radius 2 is 1.52 bits per heavy atom. The van der Waals surface area contributed by atoms with Gasteiger partial charge in [-0.2, -0.15) is 26.3 Å². The molecule has 4 aromatic rings. The summed E-state index contributed by atoms with van der Waals surface area (Å²) < 4.78 is 112. The quantitative estimate of drug-likeness (QED) is 0.110. The Morgan fingerprint density at radius 3 is 2.18 bits per heavy atom. The number of hydrogen-bond donors (Lipinski definition) is 4. The number of carbonyl (C=O) groups is 1. The minimum absolute atomic E-state index is 0.0524. The minimum atomic E-state index is -5.09. The lowest BCUT2D eigenvalue weighted by atomic mass is 10.1. The van der Waals surface area contributed by atoms with E-state index in [-0.39, 0.29) is 35.7 Å². The molecular weight excluding hydrogens is 636 g/mol. The van der Waals surface area contributed by atoms with E-state index in [0.717, 1.165) is 16.9 Å². The van der Waals surface area contributed by atoms with Gasteiger partial charge in [0.2, 0.25) is 10.0 Å². The molecule has 0 unspecified atom stereocenters. The Balaban J connectivity index is 1.34. The number of anilines is 1. The molecule has 0 saturated heterocycles. The molecule has 4 rings (SSSR count). The number of ether oxygens (including phenoxy) is 1. The Kier molecular flexibility index (Phi) is 9.75. The number of rotatable bonds is 10. The number of nitrogens with one attached hydrogen (secondary N) is 3. The van der Waals surface area contributed by atoms with E-state index in [9.17, 15) is 44.7 Å². The van der Waals surface area contributed by atoms with Crippen LogP contribution in [0.2, 0.25) is 0 Å². The second kappa shape index (κ2) is 13.2. The Bertz CT molecular complexity index is 1710. The molecule has 3 aromatic carbocycles. The third-order valence-corrected chi connectivity index (χ3v) is 8.92. The molecule has 44 heavy (non-hydrogen) atoms. The van der Waals surface area contributed by atoms with E-state index in [1.165, 1.54) is 12.1 Å². The van der Waals surface area contributed by atoms with Crippen molar-refractivity contribution in [2.45, 2.75) is 23.2 Å². The number of phenolic OH excluding ortho intramolecular Hbond substituents is 1. The molecule has 8 nitrogen and oxygen atoms in total. The lowest BCUT2D eigenvalue weighted by molar-refractivity contribution is -0.143. The summed E-state index contributed by atoms with van der Waals surface area (Å²) in [5.41, 5.74) is -2.60. The number of alkyl halides is 6. The van der Waals surface area contributed by atoms with E-state index in [1.54, 1.807) is 48.5 Å². The predicted molar refractivity (Wildman–Crippen MR) is 151 cm³/mol. The van der Waals surface area contributed by atoms with Crippen molar-refractivity contribution in [1.29, 1.82) is 0 Å². The predicted octanol–water partition coefficient (Wildman–Crippen LogP) is 6.84. The van der Waals surface area contributed by atoms with Crippen LogP contribution in [-0.4, -0.2) is 32.6 Å². The number of aromatic hydroxyl groups is 1. The second-order valence-electron chi connectivity index (χ2n) is 9.15. The van der Waals surface area contributed by atoms with Crippen LogP contribution in [0.4, 0.5) is 36.8 Å². The number of carbonyl (C=O) groups excluding carboxylic acids is 1. The van der Waals surface area contributed by atoms with E-state index in [4.69, 9.17) is 4.74 Å². The fraction of sp³-hybridized carbons (Fsp3) is 0.179. The van der Waals surface area contributed by atoms with Crippen LogP contribution in [0.25, 0.3) is 10.4 Å². The largest absolute Gasteiger partial charge is 0.508 e. The van der Waals surface area contributed by atoms with Crippen molar-refractivity contribution in [2.75, 3.05) is 18.4 Å². The monoisotopic (exact) mass is 659 g/mol. The van der Waals surface area contributed by atoms with Crippen LogP contribution >= 0.6 is 11.3 Å². The van der Waals surface area contributed by atoms with Crippen molar-refractivity contribution < 1.29 is 49.4 Å². The van der Waals surface area contributed by atoms with Gasteiger partial charge in [0.15, 0.2) is 0 Å². The van der Waals surface area contributed by atoms with Crippen LogP contribution in [0.3, 0.4) is 0 Å².